The van der Waals surface area contributed by atoms with Crippen LogP contribution < -0.4 is 10.6 Å². The first kappa shape index (κ1) is 15.4. The Morgan fingerprint density at radius 2 is 2.00 bits per heavy atom. The molecule has 0 radical (unpaired) electrons. The molecule has 114 valence electrons. The lowest BCUT2D eigenvalue weighted by Crippen LogP contribution is -2.30. The molecule has 1 aliphatic rings. The number of anilines is 1. The summed E-state index contributed by atoms with van der Waals surface area (Å²) in [4.78, 5) is 22.7. The first-order valence-electron chi connectivity index (χ1n) is 7.23. The van der Waals surface area contributed by atoms with Crippen molar-refractivity contribution in [2.24, 2.45) is 5.92 Å². The normalized spacial score (nSPS) is 15.7. The molecule has 0 atom stereocenters. The summed E-state index contributed by atoms with van der Waals surface area (Å²) in [6.07, 6.45) is 2.48. The van der Waals surface area contributed by atoms with E-state index >= 15 is 0 Å². The second-order valence-corrected chi connectivity index (χ2v) is 5.66. The monoisotopic (exact) mass is 291 g/mol. The van der Waals surface area contributed by atoms with Gasteiger partial charge in [0.05, 0.1) is 10.6 Å². The Hall–Kier alpha value is -1.95. The van der Waals surface area contributed by atoms with Gasteiger partial charge in [-0.2, -0.15) is 0 Å². The summed E-state index contributed by atoms with van der Waals surface area (Å²) in [7, 11) is 0. The third-order valence-electron chi connectivity index (χ3n) is 3.95. The molecule has 1 amide bonds. The van der Waals surface area contributed by atoms with Crippen LogP contribution in [-0.2, 0) is 4.79 Å². The van der Waals surface area contributed by atoms with Gasteiger partial charge in [0, 0.05) is 18.1 Å². The number of hydrogen-bond acceptors (Lipinski definition) is 4. The first-order chi connectivity index (χ1) is 9.97. The van der Waals surface area contributed by atoms with E-state index < -0.39 is 4.92 Å². The van der Waals surface area contributed by atoms with Crippen LogP contribution in [0, 0.1) is 29.9 Å². The van der Waals surface area contributed by atoms with E-state index in [9.17, 15) is 14.9 Å². The van der Waals surface area contributed by atoms with Crippen molar-refractivity contribution in [2.45, 2.75) is 33.1 Å². The Morgan fingerprint density at radius 3 is 2.62 bits per heavy atom. The number of nitro groups is 1. The third kappa shape index (κ3) is 4.01. The molecule has 1 saturated heterocycles. The van der Waals surface area contributed by atoms with Crippen LogP contribution in [-0.4, -0.2) is 23.9 Å². The van der Waals surface area contributed by atoms with Crippen LogP contribution in [0.2, 0.25) is 0 Å². The molecule has 0 aromatic heterocycles. The highest BCUT2D eigenvalue weighted by Crippen LogP contribution is 2.27. The molecule has 0 saturated carbocycles. The summed E-state index contributed by atoms with van der Waals surface area (Å²) < 4.78 is 0. The van der Waals surface area contributed by atoms with Gasteiger partial charge in [-0.25, -0.2) is 0 Å². The largest absolute Gasteiger partial charge is 0.326 e. The first-order valence-corrected chi connectivity index (χ1v) is 7.23. The molecule has 0 spiro atoms. The van der Waals surface area contributed by atoms with Crippen LogP contribution in [0.5, 0.6) is 0 Å². The number of amides is 1. The average Bonchev–Trinajstić information content (AvgIpc) is 2.42. The van der Waals surface area contributed by atoms with Gasteiger partial charge in [-0.3, -0.25) is 14.9 Å². The van der Waals surface area contributed by atoms with Gasteiger partial charge >= 0.3 is 0 Å². The molecule has 2 N–H and O–H groups in total. The number of nitro benzene ring substituents is 1. The minimum Gasteiger partial charge on any atom is -0.326 e. The van der Waals surface area contributed by atoms with Crippen LogP contribution in [0.4, 0.5) is 11.4 Å². The topological polar surface area (TPSA) is 84.3 Å². The molecule has 0 unspecified atom stereocenters. The van der Waals surface area contributed by atoms with E-state index in [-0.39, 0.29) is 11.6 Å². The Morgan fingerprint density at radius 1 is 1.33 bits per heavy atom. The minimum absolute atomic E-state index is 0.0396. The maximum Gasteiger partial charge on any atom is 0.274 e. The van der Waals surface area contributed by atoms with Crippen molar-refractivity contribution >= 4 is 17.3 Å². The van der Waals surface area contributed by atoms with Gasteiger partial charge in [0.15, 0.2) is 0 Å². The lowest BCUT2D eigenvalue weighted by atomic mass is 9.94. The van der Waals surface area contributed by atoms with E-state index in [1.165, 1.54) is 6.07 Å². The summed E-state index contributed by atoms with van der Waals surface area (Å²) in [5.74, 6) is 0.329. The van der Waals surface area contributed by atoms with Gasteiger partial charge in [0.2, 0.25) is 5.91 Å². The molecule has 2 rings (SSSR count). The van der Waals surface area contributed by atoms with Crippen LogP contribution >= 0.6 is 0 Å². The highest BCUT2D eigenvalue weighted by molar-refractivity contribution is 5.92. The van der Waals surface area contributed by atoms with Crippen molar-refractivity contribution in [3.63, 3.8) is 0 Å². The second kappa shape index (κ2) is 6.67. The number of nitrogens with zero attached hydrogens (tertiary/aromatic N) is 1. The molecule has 1 fully saturated rings. The Bertz CT molecular complexity index is 551. The van der Waals surface area contributed by atoms with Gasteiger partial charge in [-0.1, -0.05) is 0 Å². The third-order valence-corrected chi connectivity index (χ3v) is 3.95. The molecular formula is C15H21N3O3. The summed E-state index contributed by atoms with van der Waals surface area (Å²) in [6.45, 7) is 5.45. The van der Waals surface area contributed by atoms with Gasteiger partial charge in [0.1, 0.15) is 0 Å². The van der Waals surface area contributed by atoms with E-state index in [0.29, 0.717) is 23.6 Å². The molecule has 6 nitrogen and oxygen atoms in total. The maximum atomic E-state index is 12.1. The van der Waals surface area contributed by atoms with E-state index in [2.05, 4.69) is 10.6 Å². The maximum absolute atomic E-state index is 12.1. The molecule has 1 aromatic rings. The molecule has 1 aromatic carbocycles. The van der Waals surface area contributed by atoms with Crippen molar-refractivity contribution in [1.82, 2.24) is 5.32 Å². The zero-order chi connectivity index (χ0) is 15.4. The Kier molecular flexibility index (Phi) is 4.90. The summed E-state index contributed by atoms with van der Waals surface area (Å²) in [5.41, 5.74) is 2.02. The Balaban J connectivity index is 2.06. The number of nitrogens with one attached hydrogen (secondary N) is 2. The van der Waals surface area contributed by atoms with E-state index in [1.807, 2.05) is 6.92 Å². The molecular weight excluding hydrogens is 270 g/mol. The van der Waals surface area contributed by atoms with Crippen molar-refractivity contribution < 1.29 is 9.72 Å². The van der Waals surface area contributed by atoms with E-state index in [4.69, 9.17) is 0 Å². The van der Waals surface area contributed by atoms with Crippen molar-refractivity contribution in [3.8, 4) is 0 Å². The predicted molar refractivity (Wildman–Crippen MR) is 81.4 cm³/mol. The van der Waals surface area contributed by atoms with Gasteiger partial charge in [0.25, 0.3) is 5.69 Å². The standard InChI is InChI=1S/C15H21N3O3/c1-10-7-11(2)14(18(20)21)9-13(10)17-15(19)8-12-3-5-16-6-4-12/h7,9,12,16H,3-6,8H2,1-2H3,(H,17,19). The summed E-state index contributed by atoms with van der Waals surface area (Å²) in [6, 6.07) is 3.18. The van der Waals surface area contributed by atoms with Crippen molar-refractivity contribution in [1.29, 1.82) is 0 Å². The van der Waals surface area contributed by atoms with Crippen LogP contribution in [0.25, 0.3) is 0 Å². The SMILES string of the molecule is Cc1cc(C)c([N+](=O)[O-])cc1NC(=O)CC1CCNCC1. The Labute approximate surface area is 124 Å². The van der Waals surface area contributed by atoms with E-state index in [1.54, 1.807) is 13.0 Å². The fourth-order valence-corrected chi connectivity index (χ4v) is 2.72. The number of piperidine rings is 1. The summed E-state index contributed by atoms with van der Waals surface area (Å²) >= 11 is 0. The average molecular weight is 291 g/mol. The molecule has 1 heterocycles. The second-order valence-electron chi connectivity index (χ2n) is 5.66. The number of aryl methyl sites for hydroxylation is 2. The number of rotatable bonds is 4. The van der Waals surface area contributed by atoms with Gasteiger partial charge in [-0.05, 0) is 57.3 Å². The number of carbonyl (C=O) groups is 1. The van der Waals surface area contributed by atoms with Crippen molar-refractivity contribution in [3.05, 3.63) is 33.4 Å². The minimum atomic E-state index is -0.419. The smallest absolute Gasteiger partial charge is 0.274 e. The van der Waals surface area contributed by atoms with Crippen LogP contribution in [0.3, 0.4) is 0 Å². The molecule has 21 heavy (non-hydrogen) atoms. The van der Waals surface area contributed by atoms with Gasteiger partial charge in [-0.15, -0.1) is 0 Å². The molecule has 0 aliphatic carbocycles. The van der Waals surface area contributed by atoms with Crippen LogP contribution in [0.15, 0.2) is 12.1 Å². The zero-order valence-electron chi connectivity index (χ0n) is 12.4. The molecule has 6 heteroatoms. The lowest BCUT2D eigenvalue weighted by Gasteiger charge is -2.22. The summed E-state index contributed by atoms with van der Waals surface area (Å²) in [5, 5.41) is 17.1. The van der Waals surface area contributed by atoms with Gasteiger partial charge < -0.3 is 10.6 Å². The molecule has 1 aliphatic heterocycles. The fourth-order valence-electron chi connectivity index (χ4n) is 2.72. The lowest BCUT2D eigenvalue weighted by molar-refractivity contribution is -0.385. The predicted octanol–water partition coefficient (Wildman–Crippen LogP) is 2.54. The fraction of sp³-hybridized carbons (Fsp3) is 0.533. The quantitative estimate of drug-likeness (QED) is 0.659. The highest BCUT2D eigenvalue weighted by atomic mass is 16.6. The number of hydrogen-bond donors (Lipinski definition) is 2. The van der Waals surface area contributed by atoms with Crippen LogP contribution in [0.1, 0.15) is 30.4 Å². The number of carbonyl (C=O) groups excluding carboxylic acids is 1. The van der Waals surface area contributed by atoms with E-state index in [0.717, 1.165) is 31.5 Å². The van der Waals surface area contributed by atoms with Crippen molar-refractivity contribution in [2.75, 3.05) is 18.4 Å². The zero-order valence-corrected chi connectivity index (χ0v) is 12.4. The number of benzene rings is 1. The highest BCUT2D eigenvalue weighted by Gasteiger charge is 2.19. The molecule has 0 bridgehead atoms.